The molecule has 1 amide bonds. The van der Waals surface area contributed by atoms with Crippen LogP contribution in [0.3, 0.4) is 0 Å². The van der Waals surface area contributed by atoms with E-state index in [0.29, 0.717) is 24.1 Å². The number of nitrogens with one attached hydrogen (secondary N) is 1. The Balaban J connectivity index is 1.80. The summed E-state index contributed by atoms with van der Waals surface area (Å²) in [7, 11) is 0. The molecule has 2 heterocycles. The number of ether oxygens (including phenoxy) is 1. The maximum atomic E-state index is 11.9. The molecule has 110 valence electrons. The Morgan fingerprint density at radius 1 is 1.38 bits per heavy atom. The summed E-state index contributed by atoms with van der Waals surface area (Å²) in [6.07, 6.45) is 1.46. The van der Waals surface area contributed by atoms with E-state index in [1.807, 2.05) is 13.0 Å². The molecule has 0 aliphatic carbocycles. The van der Waals surface area contributed by atoms with Crippen molar-refractivity contribution in [1.29, 1.82) is 0 Å². The molecule has 0 saturated carbocycles. The highest BCUT2D eigenvalue weighted by molar-refractivity contribution is 5.96. The summed E-state index contributed by atoms with van der Waals surface area (Å²) >= 11 is 0. The van der Waals surface area contributed by atoms with Crippen molar-refractivity contribution in [2.45, 2.75) is 32.8 Å². The predicted molar refractivity (Wildman–Crippen MR) is 75.2 cm³/mol. The average Bonchev–Trinajstić information content (AvgIpc) is 2.82. The summed E-state index contributed by atoms with van der Waals surface area (Å²) in [6.45, 7) is 4.30. The van der Waals surface area contributed by atoms with E-state index >= 15 is 0 Å². The quantitative estimate of drug-likeness (QED) is 0.936. The van der Waals surface area contributed by atoms with Gasteiger partial charge in [0.25, 0.3) is 11.8 Å². The number of amides is 1. The van der Waals surface area contributed by atoms with Crippen LogP contribution in [0.15, 0.2) is 22.6 Å². The van der Waals surface area contributed by atoms with Crippen molar-refractivity contribution in [3.8, 4) is 5.75 Å². The molecule has 1 atom stereocenters. The second-order valence-corrected chi connectivity index (χ2v) is 5.10. The van der Waals surface area contributed by atoms with Gasteiger partial charge in [0.1, 0.15) is 5.75 Å². The normalized spacial score (nSPS) is 15.8. The Labute approximate surface area is 122 Å². The van der Waals surface area contributed by atoms with Crippen LogP contribution in [0.4, 0.5) is 0 Å². The first-order valence-corrected chi connectivity index (χ1v) is 7.01. The largest absolute Gasteiger partial charge is 0.481 e. The number of aromatic nitrogens is 2. The predicted octanol–water partition coefficient (Wildman–Crippen LogP) is 2.19. The van der Waals surface area contributed by atoms with Crippen LogP contribution in [0.2, 0.25) is 0 Å². The molecule has 1 aliphatic rings. The fourth-order valence-corrected chi connectivity index (χ4v) is 2.38. The van der Waals surface area contributed by atoms with Gasteiger partial charge < -0.3 is 14.5 Å². The van der Waals surface area contributed by atoms with E-state index in [0.717, 1.165) is 24.0 Å². The highest BCUT2D eigenvalue weighted by atomic mass is 16.5. The van der Waals surface area contributed by atoms with E-state index in [9.17, 15) is 4.79 Å². The van der Waals surface area contributed by atoms with Crippen LogP contribution in [0, 0.1) is 6.92 Å². The standard InChI is InChI=1S/C15H17N3O3/c1-9(15-18-17-10(2)21-15)20-12-5-6-13-11(8-12)4-3-7-16-14(13)19/h5-6,8-9H,3-4,7H2,1-2H3,(H,16,19)/t9-/m1/s1. The minimum atomic E-state index is -0.330. The van der Waals surface area contributed by atoms with Gasteiger partial charge >= 0.3 is 0 Å². The van der Waals surface area contributed by atoms with Crippen molar-refractivity contribution in [3.63, 3.8) is 0 Å². The number of carbonyl (C=O) groups excluding carboxylic acids is 1. The number of hydrogen-bond acceptors (Lipinski definition) is 5. The SMILES string of the molecule is Cc1nnc([C@@H](C)Oc2ccc3c(c2)CCCNC3=O)o1. The van der Waals surface area contributed by atoms with E-state index in [1.54, 1.807) is 19.1 Å². The van der Waals surface area contributed by atoms with Gasteiger partial charge in [0, 0.05) is 19.0 Å². The van der Waals surface area contributed by atoms with Gasteiger partial charge in [-0.15, -0.1) is 10.2 Å². The number of aryl methyl sites for hydroxylation is 2. The molecule has 21 heavy (non-hydrogen) atoms. The van der Waals surface area contributed by atoms with Gasteiger partial charge in [-0.1, -0.05) is 0 Å². The first-order chi connectivity index (χ1) is 10.1. The van der Waals surface area contributed by atoms with Crippen LogP contribution in [-0.2, 0) is 6.42 Å². The first kappa shape index (κ1) is 13.6. The summed E-state index contributed by atoms with van der Waals surface area (Å²) in [5, 5.41) is 10.6. The lowest BCUT2D eigenvalue weighted by Crippen LogP contribution is -2.22. The summed E-state index contributed by atoms with van der Waals surface area (Å²) in [6, 6.07) is 5.51. The molecule has 6 nitrogen and oxygen atoms in total. The number of benzene rings is 1. The van der Waals surface area contributed by atoms with E-state index in [1.165, 1.54) is 0 Å². The monoisotopic (exact) mass is 287 g/mol. The molecule has 0 unspecified atom stereocenters. The molecule has 6 heteroatoms. The molecule has 1 aromatic carbocycles. The zero-order chi connectivity index (χ0) is 14.8. The molecule has 0 bridgehead atoms. The second kappa shape index (κ2) is 5.55. The number of carbonyl (C=O) groups is 1. The van der Waals surface area contributed by atoms with Gasteiger partial charge in [0.05, 0.1) is 0 Å². The lowest BCUT2D eigenvalue weighted by molar-refractivity contribution is 0.0956. The Bertz CT molecular complexity index is 666. The molecule has 0 fully saturated rings. The molecule has 1 aromatic heterocycles. The second-order valence-electron chi connectivity index (χ2n) is 5.10. The third kappa shape index (κ3) is 2.89. The topological polar surface area (TPSA) is 77.3 Å². The van der Waals surface area contributed by atoms with Crippen LogP contribution >= 0.6 is 0 Å². The minimum Gasteiger partial charge on any atom is -0.481 e. The third-order valence-electron chi connectivity index (χ3n) is 3.43. The summed E-state index contributed by atoms with van der Waals surface area (Å²) < 4.78 is 11.2. The van der Waals surface area contributed by atoms with E-state index in [2.05, 4.69) is 15.5 Å². The molecule has 1 N–H and O–H groups in total. The highest BCUT2D eigenvalue weighted by Crippen LogP contribution is 2.25. The Morgan fingerprint density at radius 2 is 2.24 bits per heavy atom. The average molecular weight is 287 g/mol. The maximum absolute atomic E-state index is 11.9. The van der Waals surface area contributed by atoms with Crippen molar-refractivity contribution in [2.75, 3.05) is 6.54 Å². The number of hydrogen-bond donors (Lipinski definition) is 1. The smallest absolute Gasteiger partial charge is 0.256 e. The number of rotatable bonds is 3. The van der Waals surface area contributed by atoms with Gasteiger partial charge in [0.2, 0.25) is 5.89 Å². The Kier molecular flexibility index (Phi) is 3.60. The van der Waals surface area contributed by atoms with Crippen LogP contribution in [-0.4, -0.2) is 22.6 Å². The Hall–Kier alpha value is -2.37. The lowest BCUT2D eigenvalue weighted by atomic mass is 10.0. The molecule has 0 radical (unpaired) electrons. The van der Waals surface area contributed by atoms with Crippen molar-refractivity contribution in [1.82, 2.24) is 15.5 Å². The van der Waals surface area contributed by atoms with E-state index in [4.69, 9.17) is 9.15 Å². The van der Waals surface area contributed by atoms with Gasteiger partial charge in [0.15, 0.2) is 6.10 Å². The van der Waals surface area contributed by atoms with Gasteiger partial charge in [-0.3, -0.25) is 4.79 Å². The minimum absolute atomic E-state index is 0.0189. The lowest BCUT2D eigenvalue weighted by Gasteiger charge is -2.13. The highest BCUT2D eigenvalue weighted by Gasteiger charge is 2.18. The van der Waals surface area contributed by atoms with Gasteiger partial charge in [-0.05, 0) is 43.5 Å². The van der Waals surface area contributed by atoms with Crippen LogP contribution in [0.25, 0.3) is 0 Å². The Morgan fingerprint density at radius 3 is 3.00 bits per heavy atom. The van der Waals surface area contributed by atoms with Gasteiger partial charge in [-0.25, -0.2) is 0 Å². The summed E-state index contributed by atoms with van der Waals surface area (Å²) in [5.41, 5.74) is 1.73. The first-order valence-electron chi connectivity index (χ1n) is 7.01. The molecule has 0 spiro atoms. The van der Waals surface area contributed by atoms with E-state index in [-0.39, 0.29) is 12.0 Å². The van der Waals surface area contributed by atoms with Gasteiger partial charge in [-0.2, -0.15) is 0 Å². The summed E-state index contributed by atoms with van der Waals surface area (Å²) in [4.78, 5) is 11.9. The molecule has 0 saturated heterocycles. The van der Waals surface area contributed by atoms with Crippen LogP contribution < -0.4 is 10.1 Å². The maximum Gasteiger partial charge on any atom is 0.256 e. The van der Waals surface area contributed by atoms with Crippen molar-refractivity contribution >= 4 is 5.91 Å². The van der Waals surface area contributed by atoms with E-state index < -0.39 is 0 Å². The van der Waals surface area contributed by atoms with Crippen LogP contribution in [0.1, 0.15) is 47.2 Å². The fraction of sp³-hybridized carbons (Fsp3) is 0.400. The molecular weight excluding hydrogens is 270 g/mol. The zero-order valence-corrected chi connectivity index (χ0v) is 12.0. The fourth-order valence-electron chi connectivity index (χ4n) is 2.38. The zero-order valence-electron chi connectivity index (χ0n) is 12.0. The third-order valence-corrected chi connectivity index (χ3v) is 3.43. The molecule has 2 aromatic rings. The molecular formula is C15H17N3O3. The van der Waals surface area contributed by atoms with Crippen molar-refractivity contribution in [2.24, 2.45) is 0 Å². The van der Waals surface area contributed by atoms with Crippen LogP contribution in [0.5, 0.6) is 5.75 Å². The molecule has 1 aliphatic heterocycles. The molecule has 3 rings (SSSR count). The van der Waals surface area contributed by atoms with Crippen molar-refractivity contribution < 1.29 is 13.9 Å². The number of fused-ring (bicyclic) bond motifs is 1. The number of nitrogens with zero attached hydrogens (tertiary/aromatic N) is 2. The van der Waals surface area contributed by atoms with Crippen molar-refractivity contribution in [3.05, 3.63) is 41.1 Å². The summed E-state index contributed by atoms with van der Waals surface area (Å²) in [5.74, 6) is 1.64.